The van der Waals surface area contributed by atoms with E-state index in [9.17, 15) is 0 Å². The van der Waals surface area contributed by atoms with Crippen molar-refractivity contribution >= 4 is 50.2 Å². The number of aryl methyl sites for hydroxylation is 1. The van der Waals surface area contributed by atoms with Crippen LogP contribution in [0.1, 0.15) is 29.5 Å². The molecule has 0 aromatic carbocycles. The SMILES string of the molecule is NC1CCCc2nc(-c3cc(Br)c(Cl)s3)sc21. The van der Waals surface area contributed by atoms with Gasteiger partial charge in [0.05, 0.1) is 10.6 Å². The summed E-state index contributed by atoms with van der Waals surface area (Å²) < 4.78 is 1.72. The maximum Gasteiger partial charge on any atom is 0.134 e. The van der Waals surface area contributed by atoms with E-state index in [0.717, 1.165) is 38.0 Å². The molecular formula is C11H10BrClN2S2. The number of nitrogens with two attached hydrogens (primary N) is 1. The lowest BCUT2D eigenvalue weighted by atomic mass is 9.99. The van der Waals surface area contributed by atoms with E-state index in [1.165, 1.54) is 10.6 Å². The molecule has 1 aliphatic carbocycles. The maximum absolute atomic E-state index is 6.11. The van der Waals surface area contributed by atoms with Crippen LogP contribution in [0.4, 0.5) is 0 Å². The zero-order valence-electron chi connectivity index (χ0n) is 8.87. The molecule has 2 heterocycles. The zero-order chi connectivity index (χ0) is 12.0. The third kappa shape index (κ3) is 2.19. The van der Waals surface area contributed by atoms with Gasteiger partial charge in [-0.2, -0.15) is 0 Å². The Balaban J connectivity index is 2.04. The normalized spacial score (nSPS) is 19.4. The Morgan fingerprint density at radius 3 is 2.94 bits per heavy atom. The average molecular weight is 350 g/mol. The monoisotopic (exact) mass is 348 g/mol. The molecule has 17 heavy (non-hydrogen) atoms. The van der Waals surface area contributed by atoms with Crippen LogP contribution < -0.4 is 5.73 Å². The zero-order valence-corrected chi connectivity index (χ0v) is 12.8. The minimum Gasteiger partial charge on any atom is -0.323 e. The fourth-order valence-corrected chi connectivity index (χ4v) is 4.91. The fraction of sp³-hybridized carbons (Fsp3) is 0.364. The van der Waals surface area contributed by atoms with Gasteiger partial charge in [0.25, 0.3) is 0 Å². The predicted octanol–water partition coefficient (Wildman–Crippen LogP) is 4.62. The molecule has 90 valence electrons. The van der Waals surface area contributed by atoms with Gasteiger partial charge in [-0.05, 0) is 41.3 Å². The molecule has 1 atom stereocenters. The minimum absolute atomic E-state index is 0.170. The van der Waals surface area contributed by atoms with Crippen LogP contribution >= 0.6 is 50.2 Å². The summed E-state index contributed by atoms with van der Waals surface area (Å²) in [5, 5.41) is 1.05. The fourth-order valence-electron chi connectivity index (χ4n) is 2.01. The van der Waals surface area contributed by atoms with Gasteiger partial charge in [0.2, 0.25) is 0 Å². The molecule has 2 aromatic heterocycles. The summed E-state index contributed by atoms with van der Waals surface area (Å²) in [5.74, 6) is 0. The van der Waals surface area contributed by atoms with Gasteiger partial charge in [-0.1, -0.05) is 11.6 Å². The molecule has 2 aromatic rings. The quantitative estimate of drug-likeness (QED) is 0.815. The highest BCUT2D eigenvalue weighted by molar-refractivity contribution is 9.10. The van der Waals surface area contributed by atoms with Crippen molar-refractivity contribution in [1.29, 1.82) is 0 Å². The van der Waals surface area contributed by atoms with Crippen molar-refractivity contribution in [2.45, 2.75) is 25.3 Å². The van der Waals surface area contributed by atoms with Crippen LogP contribution in [0.25, 0.3) is 9.88 Å². The van der Waals surface area contributed by atoms with Crippen LogP contribution in [0.15, 0.2) is 10.5 Å². The molecule has 0 amide bonds. The van der Waals surface area contributed by atoms with Crippen molar-refractivity contribution in [3.05, 3.63) is 25.4 Å². The molecule has 0 spiro atoms. The van der Waals surface area contributed by atoms with Crippen molar-refractivity contribution in [1.82, 2.24) is 4.98 Å². The van der Waals surface area contributed by atoms with E-state index in [1.807, 2.05) is 6.07 Å². The third-order valence-electron chi connectivity index (χ3n) is 2.85. The number of nitrogens with zero attached hydrogens (tertiary/aromatic N) is 1. The van der Waals surface area contributed by atoms with Gasteiger partial charge in [-0.15, -0.1) is 22.7 Å². The Labute approximate surface area is 121 Å². The Kier molecular flexibility index (Phi) is 3.30. The van der Waals surface area contributed by atoms with Gasteiger partial charge in [0.15, 0.2) is 0 Å². The number of rotatable bonds is 1. The maximum atomic E-state index is 6.11. The third-order valence-corrected chi connectivity index (χ3v) is 6.72. The van der Waals surface area contributed by atoms with E-state index in [1.54, 1.807) is 22.7 Å². The standard InChI is InChI=1S/C11H10BrClN2S2/c12-5-4-8(16-10(5)13)11-15-7-3-1-2-6(14)9(7)17-11/h4,6H,1-3,14H2. The molecule has 2 nitrogen and oxygen atoms in total. The van der Waals surface area contributed by atoms with Crippen LogP contribution in [-0.2, 0) is 6.42 Å². The lowest BCUT2D eigenvalue weighted by molar-refractivity contribution is 0.573. The van der Waals surface area contributed by atoms with Crippen LogP contribution in [0.2, 0.25) is 4.34 Å². The van der Waals surface area contributed by atoms with Gasteiger partial charge < -0.3 is 5.73 Å². The summed E-state index contributed by atoms with van der Waals surface area (Å²) in [4.78, 5) is 7.07. The Morgan fingerprint density at radius 1 is 1.47 bits per heavy atom. The van der Waals surface area contributed by atoms with E-state index < -0.39 is 0 Å². The van der Waals surface area contributed by atoms with Crippen molar-refractivity contribution in [2.75, 3.05) is 0 Å². The van der Waals surface area contributed by atoms with Gasteiger partial charge in [-0.3, -0.25) is 0 Å². The first-order valence-electron chi connectivity index (χ1n) is 5.35. The number of fused-ring (bicyclic) bond motifs is 1. The first kappa shape index (κ1) is 12.1. The van der Waals surface area contributed by atoms with Gasteiger partial charge in [0, 0.05) is 15.4 Å². The van der Waals surface area contributed by atoms with Crippen molar-refractivity contribution < 1.29 is 0 Å². The van der Waals surface area contributed by atoms with Gasteiger partial charge in [-0.25, -0.2) is 4.98 Å². The van der Waals surface area contributed by atoms with Crippen molar-refractivity contribution in [3.63, 3.8) is 0 Å². The molecule has 2 N–H and O–H groups in total. The number of hydrogen-bond acceptors (Lipinski definition) is 4. The van der Waals surface area contributed by atoms with E-state index >= 15 is 0 Å². The Morgan fingerprint density at radius 2 is 2.29 bits per heavy atom. The molecule has 6 heteroatoms. The second-order valence-corrected chi connectivity index (χ2v) is 7.60. The summed E-state index contributed by atoms with van der Waals surface area (Å²) in [6.45, 7) is 0. The number of hydrogen-bond donors (Lipinski definition) is 1. The van der Waals surface area contributed by atoms with E-state index in [0.29, 0.717) is 0 Å². The molecular weight excluding hydrogens is 340 g/mol. The molecule has 0 radical (unpaired) electrons. The van der Waals surface area contributed by atoms with Crippen LogP contribution in [0.3, 0.4) is 0 Å². The molecule has 0 saturated heterocycles. The summed E-state index contributed by atoms with van der Waals surface area (Å²) >= 11 is 12.8. The summed E-state index contributed by atoms with van der Waals surface area (Å²) in [6.07, 6.45) is 3.27. The predicted molar refractivity (Wildman–Crippen MR) is 78.0 cm³/mol. The largest absolute Gasteiger partial charge is 0.323 e. The topological polar surface area (TPSA) is 38.9 Å². The van der Waals surface area contributed by atoms with Gasteiger partial charge in [0.1, 0.15) is 9.34 Å². The molecule has 0 saturated carbocycles. The molecule has 1 aliphatic rings. The number of thiophene rings is 1. The lowest BCUT2D eigenvalue weighted by Gasteiger charge is -2.15. The van der Waals surface area contributed by atoms with Crippen LogP contribution in [-0.4, -0.2) is 4.98 Å². The highest BCUT2D eigenvalue weighted by Crippen LogP contribution is 2.42. The average Bonchev–Trinajstić information content (AvgIpc) is 2.85. The first-order valence-corrected chi connectivity index (χ1v) is 8.16. The molecule has 0 bridgehead atoms. The smallest absolute Gasteiger partial charge is 0.134 e. The molecule has 3 rings (SSSR count). The molecule has 0 fully saturated rings. The second-order valence-electron chi connectivity index (χ2n) is 4.06. The summed E-state index contributed by atoms with van der Waals surface area (Å²) in [6, 6.07) is 2.20. The Hall–Kier alpha value is 0.0600. The minimum atomic E-state index is 0.170. The molecule has 1 unspecified atom stereocenters. The highest BCUT2D eigenvalue weighted by atomic mass is 79.9. The van der Waals surface area contributed by atoms with E-state index in [2.05, 4.69) is 15.9 Å². The first-order chi connectivity index (χ1) is 8.15. The molecule has 0 aliphatic heterocycles. The lowest BCUT2D eigenvalue weighted by Crippen LogP contribution is -2.15. The Bertz CT molecular complexity index is 544. The number of halogens is 2. The summed E-state index contributed by atoms with van der Waals surface area (Å²) in [5.41, 5.74) is 7.30. The van der Waals surface area contributed by atoms with Crippen LogP contribution in [0.5, 0.6) is 0 Å². The highest BCUT2D eigenvalue weighted by Gasteiger charge is 2.22. The second kappa shape index (κ2) is 4.63. The summed E-state index contributed by atoms with van der Waals surface area (Å²) in [7, 11) is 0. The number of aromatic nitrogens is 1. The van der Waals surface area contributed by atoms with E-state index in [-0.39, 0.29) is 6.04 Å². The van der Waals surface area contributed by atoms with Gasteiger partial charge >= 0.3 is 0 Å². The van der Waals surface area contributed by atoms with E-state index in [4.69, 9.17) is 22.3 Å². The van der Waals surface area contributed by atoms with Crippen molar-refractivity contribution in [2.24, 2.45) is 5.73 Å². The van der Waals surface area contributed by atoms with Crippen molar-refractivity contribution in [3.8, 4) is 9.88 Å². The van der Waals surface area contributed by atoms with Crippen LogP contribution in [0, 0.1) is 0 Å². The number of thiazole rings is 1.